The van der Waals surface area contributed by atoms with Crippen LogP contribution in [0.1, 0.15) is 185 Å². The summed E-state index contributed by atoms with van der Waals surface area (Å²) in [5.74, 6) is 3.37. The minimum Gasteiger partial charge on any atom is -0.497 e. The maximum absolute atomic E-state index is 6.78. The van der Waals surface area contributed by atoms with Crippen LogP contribution in [0.25, 0.3) is 0 Å². The molecule has 4 rings (SSSR count). The lowest BCUT2D eigenvalue weighted by atomic mass is 9.53. The zero-order valence-corrected chi connectivity index (χ0v) is 37.9. The fraction of sp³-hybridized carbons (Fsp3) is 0.760. The van der Waals surface area contributed by atoms with Crippen molar-refractivity contribution in [2.24, 2.45) is 38.9 Å². The Kier molecular flexibility index (Phi) is 13.3. The Morgan fingerprint density at radius 2 is 0.943 bits per heavy atom. The third-order valence-electron chi connectivity index (χ3n) is 14.3. The SMILES string of the molecule is COc1ccc(C(C)(C)CC(C)(C)CC(C)(C)C2CCC(CC(C)(C)CC(C)(C)CC(C)(C)C3CCC(C)(Cl)CC3)(c3ccc(OC)cc3)CC2)cc1. The van der Waals surface area contributed by atoms with Crippen LogP contribution in [0.4, 0.5) is 0 Å². The van der Waals surface area contributed by atoms with E-state index in [4.69, 9.17) is 21.1 Å². The number of ether oxygens (including phenoxy) is 2. The van der Waals surface area contributed by atoms with Gasteiger partial charge in [-0.05, 0) is 176 Å². The van der Waals surface area contributed by atoms with Gasteiger partial charge in [0.1, 0.15) is 11.5 Å². The molecule has 2 aliphatic rings. The van der Waals surface area contributed by atoms with Gasteiger partial charge in [0.2, 0.25) is 0 Å². The van der Waals surface area contributed by atoms with E-state index in [-0.39, 0.29) is 37.4 Å². The van der Waals surface area contributed by atoms with Crippen molar-refractivity contribution in [2.45, 2.75) is 189 Å². The molecule has 2 aromatic rings. The maximum atomic E-state index is 6.78. The number of rotatable bonds is 16. The van der Waals surface area contributed by atoms with Crippen LogP contribution in [0.2, 0.25) is 0 Å². The van der Waals surface area contributed by atoms with E-state index in [1.54, 1.807) is 14.2 Å². The van der Waals surface area contributed by atoms with Gasteiger partial charge in [0.25, 0.3) is 0 Å². The molecule has 0 N–H and O–H groups in total. The molecule has 0 saturated heterocycles. The van der Waals surface area contributed by atoms with E-state index in [9.17, 15) is 0 Å². The van der Waals surface area contributed by atoms with Gasteiger partial charge in [0.15, 0.2) is 0 Å². The normalized spacial score (nSPS) is 25.3. The van der Waals surface area contributed by atoms with E-state index in [1.165, 1.54) is 75.3 Å². The lowest BCUT2D eigenvalue weighted by molar-refractivity contribution is 0.0312. The molecule has 0 bridgehead atoms. The van der Waals surface area contributed by atoms with Crippen molar-refractivity contribution >= 4 is 11.6 Å². The molecule has 0 heterocycles. The van der Waals surface area contributed by atoms with E-state index in [1.807, 2.05) is 0 Å². The summed E-state index contributed by atoms with van der Waals surface area (Å²) in [4.78, 5) is -0.000934. The predicted molar refractivity (Wildman–Crippen MR) is 231 cm³/mol. The molecule has 0 unspecified atom stereocenters. The molecule has 0 atom stereocenters. The molecular formula is C50H81ClO2. The standard InChI is InChI=1S/C50H81ClO2/c1-43(2,33-47(9,10)38-24-28-49(13,51)29-25-38)32-44(3,4)36-50(40-18-22-42(53-15)23-19-40)30-26-39(27-31-50)48(11,12)35-45(5,6)34-46(7,8)37-16-20-41(52-14)21-17-37/h16-23,38-39H,24-36H2,1-15H3. The second-order valence-electron chi connectivity index (χ2n) is 22.9. The van der Waals surface area contributed by atoms with Crippen LogP contribution in [0.15, 0.2) is 48.5 Å². The van der Waals surface area contributed by atoms with E-state index in [2.05, 4.69) is 139 Å². The van der Waals surface area contributed by atoms with Gasteiger partial charge in [-0.25, -0.2) is 0 Å². The quantitative estimate of drug-likeness (QED) is 0.159. The van der Waals surface area contributed by atoms with E-state index in [0.717, 1.165) is 42.6 Å². The fourth-order valence-electron chi connectivity index (χ4n) is 13.0. The average Bonchev–Trinajstić information content (AvgIpc) is 3.02. The number of benzene rings is 2. The highest BCUT2D eigenvalue weighted by Crippen LogP contribution is 2.57. The molecular weight excluding hydrogens is 668 g/mol. The Labute approximate surface area is 333 Å². The topological polar surface area (TPSA) is 18.5 Å². The van der Waals surface area contributed by atoms with Crippen molar-refractivity contribution in [1.29, 1.82) is 0 Å². The largest absolute Gasteiger partial charge is 0.497 e. The van der Waals surface area contributed by atoms with Gasteiger partial charge < -0.3 is 9.47 Å². The smallest absolute Gasteiger partial charge is 0.118 e. The number of halogens is 1. The lowest BCUT2D eigenvalue weighted by Gasteiger charge is -2.51. The molecule has 0 aromatic heterocycles. The van der Waals surface area contributed by atoms with Crippen molar-refractivity contribution in [1.82, 2.24) is 0 Å². The van der Waals surface area contributed by atoms with Gasteiger partial charge in [-0.15, -0.1) is 11.6 Å². The molecule has 0 aliphatic heterocycles. The minimum atomic E-state index is -0.000934. The molecule has 2 aromatic carbocycles. The summed E-state index contributed by atoms with van der Waals surface area (Å²) in [5.41, 5.74) is 4.50. The first-order valence-electron chi connectivity index (χ1n) is 21.2. The van der Waals surface area contributed by atoms with Crippen LogP contribution < -0.4 is 9.47 Å². The molecule has 0 spiro atoms. The molecule has 2 fully saturated rings. The van der Waals surface area contributed by atoms with Gasteiger partial charge in [-0.1, -0.05) is 107 Å². The van der Waals surface area contributed by atoms with Gasteiger partial charge in [-0.3, -0.25) is 0 Å². The Morgan fingerprint density at radius 1 is 0.547 bits per heavy atom. The second kappa shape index (κ2) is 16.1. The molecule has 3 heteroatoms. The Bertz CT molecular complexity index is 1440. The molecule has 2 saturated carbocycles. The summed E-state index contributed by atoms with van der Waals surface area (Å²) in [5, 5.41) is 0. The summed E-state index contributed by atoms with van der Waals surface area (Å²) < 4.78 is 11.1. The summed E-state index contributed by atoms with van der Waals surface area (Å²) in [6.45, 7) is 32.6. The zero-order valence-electron chi connectivity index (χ0n) is 37.2. The van der Waals surface area contributed by atoms with Gasteiger partial charge in [0.05, 0.1) is 14.2 Å². The van der Waals surface area contributed by atoms with Gasteiger partial charge in [-0.2, -0.15) is 0 Å². The summed E-state index contributed by atoms with van der Waals surface area (Å²) in [7, 11) is 3.53. The molecule has 0 radical (unpaired) electrons. The fourth-order valence-corrected chi connectivity index (χ4v) is 13.2. The van der Waals surface area contributed by atoms with Crippen LogP contribution in [0, 0.1) is 38.9 Å². The highest BCUT2D eigenvalue weighted by atomic mass is 35.5. The van der Waals surface area contributed by atoms with Crippen LogP contribution in [0.5, 0.6) is 11.5 Å². The molecule has 0 amide bonds. The van der Waals surface area contributed by atoms with Crippen molar-refractivity contribution < 1.29 is 9.47 Å². The zero-order chi connectivity index (χ0) is 39.7. The number of hydrogen-bond acceptors (Lipinski definition) is 2. The van der Waals surface area contributed by atoms with Gasteiger partial charge >= 0.3 is 0 Å². The lowest BCUT2D eigenvalue weighted by Crippen LogP contribution is -2.42. The van der Waals surface area contributed by atoms with Crippen molar-refractivity contribution in [2.75, 3.05) is 14.2 Å². The minimum absolute atomic E-state index is 0.000934. The Hall–Kier alpha value is -1.67. The second-order valence-corrected chi connectivity index (χ2v) is 23.8. The third kappa shape index (κ3) is 11.7. The first-order chi connectivity index (χ1) is 24.2. The monoisotopic (exact) mass is 749 g/mol. The first-order valence-corrected chi connectivity index (χ1v) is 21.6. The first kappa shape index (κ1) is 44.0. The molecule has 2 aliphatic carbocycles. The van der Waals surface area contributed by atoms with Crippen LogP contribution in [-0.4, -0.2) is 19.1 Å². The molecule has 2 nitrogen and oxygen atoms in total. The number of hydrogen-bond donors (Lipinski definition) is 0. The van der Waals surface area contributed by atoms with Crippen molar-refractivity contribution in [3.05, 3.63) is 59.7 Å². The van der Waals surface area contributed by atoms with Crippen LogP contribution >= 0.6 is 11.6 Å². The summed E-state index contributed by atoms with van der Waals surface area (Å²) in [6, 6.07) is 17.9. The highest BCUT2D eigenvalue weighted by molar-refractivity contribution is 6.23. The third-order valence-corrected chi connectivity index (χ3v) is 14.7. The molecule has 53 heavy (non-hydrogen) atoms. The predicted octanol–water partition coefficient (Wildman–Crippen LogP) is 15.4. The van der Waals surface area contributed by atoms with E-state index in [0.29, 0.717) is 5.41 Å². The molecule has 300 valence electrons. The Balaban J connectivity index is 1.48. The van der Waals surface area contributed by atoms with Gasteiger partial charge in [0, 0.05) is 4.87 Å². The van der Waals surface area contributed by atoms with Crippen molar-refractivity contribution in [3.8, 4) is 11.5 Å². The maximum Gasteiger partial charge on any atom is 0.118 e. The number of alkyl halides is 1. The summed E-state index contributed by atoms with van der Waals surface area (Å²) >= 11 is 6.78. The highest BCUT2D eigenvalue weighted by Gasteiger charge is 2.47. The number of methoxy groups -OCH3 is 2. The van der Waals surface area contributed by atoms with Crippen LogP contribution in [0.3, 0.4) is 0 Å². The summed E-state index contributed by atoms with van der Waals surface area (Å²) in [6.07, 6.45) is 16.1. The average molecular weight is 750 g/mol. The van der Waals surface area contributed by atoms with E-state index >= 15 is 0 Å². The Morgan fingerprint density at radius 3 is 1.38 bits per heavy atom. The van der Waals surface area contributed by atoms with Crippen LogP contribution in [-0.2, 0) is 10.8 Å². The van der Waals surface area contributed by atoms with Crippen molar-refractivity contribution in [3.63, 3.8) is 0 Å². The van der Waals surface area contributed by atoms with E-state index < -0.39 is 0 Å².